The average Bonchev–Trinajstić information content (AvgIpc) is 3.40. The smallest absolute Gasteiger partial charge is 0.310 e. The highest BCUT2D eigenvalue weighted by molar-refractivity contribution is 5.28. The van der Waals surface area contributed by atoms with Crippen molar-refractivity contribution in [3.05, 3.63) is 62.6 Å². The summed E-state index contributed by atoms with van der Waals surface area (Å²) < 4.78 is 52.6. The highest BCUT2D eigenvalue weighted by Crippen LogP contribution is 2.38. The van der Waals surface area contributed by atoms with Crippen LogP contribution < -0.4 is 5.56 Å². The monoisotopic (exact) mass is 367 g/mol. The van der Waals surface area contributed by atoms with E-state index in [1.54, 1.807) is 0 Å². The van der Waals surface area contributed by atoms with Gasteiger partial charge in [-0.3, -0.25) is 9.69 Å². The van der Waals surface area contributed by atoms with E-state index in [9.17, 15) is 22.4 Å². The molecule has 1 saturated carbocycles. The third-order valence-corrected chi connectivity index (χ3v) is 4.90. The van der Waals surface area contributed by atoms with Crippen LogP contribution in [0.5, 0.6) is 0 Å². The minimum absolute atomic E-state index is 0.00414. The Balaban J connectivity index is 1.57. The first-order valence-corrected chi connectivity index (χ1v) is 8.51. The van der Waals surface area contributed by atoms with Gasteiger partial charge in [-0.05, 0) is 37.5 Å². The number of nitrogens with one attached hydrogen (secondary N) is 1. The van der Waals surface area contributed by atoms with Crippen LogP contribution in [0.3, 0.4) is 0 Å². The van der Waals surface area contributed by atoms with Crippen molar-refractivity contribution in [3.63, 3.8) is 0 Å². The first-order chi connectivity index (χ1) is 12.3. The molecular weight excluding hydrogens is 350 g/mol. The molecule has 0 radical (unpaired) electrons. The predicted octanol–water partition coefficient (Wildman–Crippen LogP) is 3.36. The number of fused-ring (bicyclic) bond motifs is 1. The lowest BCUT2D eigenvalue weighted by molar-refractivity contribution is -0.137. The Bertz CT molecular complexity index is 902. The van der Waals surface area contributed by atoms with Gasteiger partial charge in [0.2, 0.25) is 0 Å². The summed E-state index contributed by atoms with van der Waals surface area (Å²) in [6, 6.07) is 2.45. The second-order valence-electron chi connectivity index (χ2n) is 6.92. The third-order valence-electron chi connectivity index (χ3n) is 4.90. The summed E-state index contributed by atoms with van der Waals surface area (Å²) in [6.45, 7) is 0.841. The molecule has 2 aliphatic rings. The molecule has 26 heavy (non-hydrogen) atoms. The number of halogens is 4. The SMILES string of the molecule is O=c1[nH]c(C2CC2)nc2c1CCN(Cc1cc(C(F)(F)F)ccc1F)C2. The Labute approximate surface area is 146 Å². The first-order valence-electron chi connectivity index (χ1n) is 8.51. The summed E-state index contributed by atoms with van der Waals surface area (Å²) in [6.07, 6.45) is -2.06. The van der Waals surface area contributed by atoms with Crippen LogP contribution in [0.2, 0.25) is 0 Å². The second kappa shape index (κ2) is 6.19. The van der Waals surface area contributed by atoms with Gasteiger partial charge in [0, 0.05) is 36.7 Å². The number of rotatable bonds is 3. The fourth-order valence-electron chi connectivity index (χ4n) is 3.31. The Morgan fingerprint density at radius 2 is 2.04 bits per heavy atom. The summed E-state index contributed by atoms with van der Waals surface area (Å²) >= 11 is 0. The number of alkyl halides is 3. The van der Waals surface area contributed by atoms with Gasteiger partial charge in [0.1, 0.15) is 11.6 Å². The maximum Gasteiger partial charge on any atom is 0.416 e. The van der Waals surface area contributed by atoms with Gasteiger partial charge in [0.15, 0.2) is 0 Å². The van der Waals surface area contributed by atoms with Gasteiger partial charge < -0.3 is 4.98 Å². The van der Waals surface area contributed by atoms with Gasteiger partial charge in [-0.15, -0.1) is 0 Å². The molecule has 2 aromatic rings. The van der Waals surface area contributed by atoms with Crippen molar-refractivity contribution in [1.29, 1.82) is 0 Å². The Hall–Kier alpha value is -2.22. The molecule has 0 amide bonds. The third kappa shape index (κ3) is 3.38. The zero-order chi connectivity index (χ0) is 18.5. The highest BCUT2D eigenvalue weighted by Gasteiger charge is 2.32. The van der Waals surface area contributed by atoms with E-state index in [0.29, 0.717) is 42.5 Å². The largest absolute Gasteiger partial charge is 0.416 e. The molecule has 0 spiro atoms. The maximum atomic E-state index is 14.0. The zero-order valence-electron chi connectivity index (χ0n) is 13.9. The van der Waals surface area contributed by atoms with E-state index in [2.05, 4.69) is 9.97 Å². The number of aromatic nitrogens is 2. The molecule has 0 bridgehead atoms. The molecule has 1 N–H and O–H groups in total. The first kappa shape index (κ1) is 17.2. The van der Waals surface area contributed by atoms with Crippen LogP contribution in [0.15, 0.2) is 23.0 Å². The van der Waals surface area contributed by atoms with E-state index < -0.39 is 17.6 Å². The minimum atomic E-state index is -4.51. The fraction of sp³-hybridized carbons (Fsp3) is 0.444. The molecule has 4 rings (SSSR count). The molecule has 0 atom stereocenters. The summed E-state index contributed by atoms with van der Waals surface area (Å²) in [4.78, 5) is 21.4. The Morgan fingerprint density at radius 1 is 1.27 bits per heavy atom. The van der Waals surface area contributed by atoms with Crippen LogP contribution in [-0.2, 0) is 25.7 Å². The van der Waals surface area contributed by atoms with E-state index in [0.717, 1.165) is 31.0 Å². The Kier molecular flexibility index (Phi) is 4.10. The van der Waals surface area contributed by atoms with Gasteiger partial charge in [0.05, 0.1) is 11.3 Å². The summed E-state index contributed by atoms with van der Waals surface area (Å²) in [7, 11) is 0. The molecule has 1 aromatic heterocycles. The van der Waals surface area contributed by atoms with Crippen molar-refractivity contribution in [2.75, 3.05) is 6.54 Å². The van der Waals surface area contributed by atoms with Crippen LogP contribution in [0.1, 0.15) is 47.0 Å². The number of H-pyrrole nitrogens is 1. The molecule has 0 unspecified atom stereocenters. The second-order valence-corrected chi connectivity index (χ2v) is 6.92. The van der Waals surface area contributed by atoms with Crippen LogP contribution in [0, 0.1) is 5.82 Å². The number of nitrogens with zero attached hydrogens (tertiary/aromatic N) is 2. The van der Waals surface area contributed by atoms with Crippen LogP contribution >= 0.6 is 0 Å². The number of benzene rings is 1. The van der Waals surface area contributed by atoms with E-state index in [1.165, 1.54) is 0 Å². The summed E-state index contributed by atoms with van der Waals surface area (Å²) in [5.41, 5.74) is 0.263. The van der Waals surface area contributed by atoms with Crippen molar-refractivity contribution in [2.45, 2.75) is 44.4 Å². The maximum absolute atomic E-state index is 14.0. The van der Waals surface area contributed by atoms with Gasteiger partial charge >= 0.3 is 6.18 Å². The Morgan fingerprint density at radius 3 is 2.73 bits per heavy atom. The molecule has 1 aliphatic carbocycles. The van der Waals surface area contributed by atoms with Crippen molar-refractivity contribution in [3.8, 4) is 0 Å². The predicted molar refractivity (Wildman–Crippen MR) is 86.1 cm³/mol. The molecule has 1 fully saturated rings. The molecule has 0 saturated heterocycles. The lowest BCUT2D eigenvalue weighted by Crippen LogP contribution is -2.35. The van der Waals surface area contributed by atoms with Crippen molar-refractivity contribution >= 4 is 0 Å². The summed E-state index contributed by atoms with van der Waals surface area (Å²) in [5, 5.41) is 0. The van der Waals surface area contributed by atoms with Gasteiger partial charge in [-0.2, -0.15) is 13.2 Å². The van der Waals surface area contributed by atoms with Crippen LogP contribution in [-0.4, -0.2) is 21.4 Å². The molecule has 1 aromatic carbocycles. The average molecular weight is 367 g/mol. The topological polar surface area (TPSA) is 49.0 Å². The van der Waals surface area contributed by atoms with Crippen molar-refractivity contribution in [1.82, 2.24) is 14.9 Å². The van der Waals surface area contributed by atoms with Gasteiger partial charge in [0.25, 0.3) is 5.56 Å². The van der Waals surface area contributed by atoms with Crippen molar-refractivity contribution < 1.29 is 17.6 Å². The fourth-order valence-corrected chi connectivity index (χ4v) is 3.31. The normalized spacial score (nSPS) is 18.0. The van der Waals surface area contributed by atoms with E-state index in [4.69, 9.17) is 0 Å². The van der Waals surface area contributed by atoms with Gasteiger partial charge in [-0.25, -0.2) is 9.37 Å². The lowest BCUT2D eigenvalue weighted by atomic mass is 10.0. The molecule has 8 heteroatoms. The highest BCUT2D eigenvalue weighted by atomic mass is 19.4. The van der Waals surface area contributed by atoms with Crippen LogP contribution in [0.4, 0.5) is 17.6 Å². The quantitative estimate of drug-likeness (QED) is 0.847. The molecule has 1 aliphatic heterocycles. The molecular formula is C18H17F4N3O. The summed E-state index contributed by atoms with van der Waals surface area (Å²) in [5.74, 6) is 0.312. The standard InChI is InChI=1S/C18H17F4N3O/c19-14-4-3-12(18(20,21)22)7-11(14)8-25-6-5-13-15(9-25)23-16(10-1-2-10)24-17(13)26/h3-4,7,10H,1-2,5-6,8-9H2,(H,23,24,26). The van der Waals surface area contributed by atoms with E-state index in [1.807, 2.05) is 4.90 Å². The number of aromatic amines is 1. The van der Waals surface area contributed by atoms with E-state index in [-0.39, 0.29) is 17.7 Å². The zero-order valence-corrected chi connectivity index (χ0v) is 13.9. The number of hydrogen-bond acceptors (Lipinski definition) is 3. The minimum Gasteiger partial charge on any atom is -0.310 e. The van der Waals surface area contributed by atoms with E-state index >= 15 is 0 Å². The van der Waals surface area contributed by atoms with Crippen LogP contribution in [0.25, 0.3) is 0 Å². The molecule has 4 nitrogen and oxygen atoms in total. The molecule has 2 heterocycles. The van der Waals surface area contributed by atoms with Crippen molar-refractivity contribution in [2.24, 2.45) is 0 Å². The molecule has 138 valence electrons. The van der Waals surface area contributed by atoms with Gasteiger partial charge in [-0.1, -0.05) is 0 Å². The number of hydrogen-bond donors (Lipinski definition) is 1. The lowest BCUT2D eigenvalue weighted by Gasteiger charge is -2.28.